The van der Waals surface area contributed by atoms with Gasteiger partial charge < -0.3 is 19.3 Å². The van der Waals surface area contributed by atoms with E-state index in [2.05, 4.69) is 15.8 Å². The summed E-state index contributed by atoms with van der Waals surface area (Å²) in [5, 5.41) is 10.8. The molecule has 0 radical (unpaired) electrons. The van der Waals surface area contributed by atoms with Crippen molar-refractivity contribution in [2.45, 2.75) is 58.2 Å². The monoisotopic (exact) mass is 541 g/mol. The molecule has 39 heavy (non-hydrogen) atoms. The van der Waals surface area contributed by atoms with Crippen LogP contribution in [0.5, 0.6) is 5.75 Å². The molecular formula is C30H43N3O6. The highest BCUT2D eigenvalue weighted by atomic mass is 16.6. The van der Waals surface area contributed by atoms with Gasteiger partial charge in [0.2, 0.25) is 5.91 Å². The van der Waals surface area contributed by atoms with Crippen LogP contribution in [-0.4, -0.2) is 73.2 Å². The zero-order valence-electron chi connectivity index (χ0n) is 23.4. The maximum Gasteiger partial charge on any atom is 0.426 e. The molecular weight excluding hydrogens is 498 g/mol. The number of benzene rings is 2. The van der Waals surface area contributed by atoms with Crippen LogP contribution in [-0.2, 0) is 27.1 Å². The Labute approximate surface area is 231 Å². The predicted molar refractivity (Wildman–Crippen MR) is 149 cm³/mol. The maximum atomic E-state index is 13.1. The summed E-state index contributed by atoms with van der Waals surface area (Å²) >= 11 is 0. The quantitative estimate of drug-likeness (QED) is 0.353. The van der Waals surface area contributed by atoms with Gasteiger partial charge in [-0.05, 0) is 69.7 Å². The molecule has 3 N–H and O–H groups in total. The molecule has 2 aromatic carbocycles. The smallest absolute Gasteiger partial charge is 0.426 e. The van der Waals surface area contributed by atoms with E-state index in [0.717, 1.165) is 49.7 Å². The molecule has 0 spiro atoms. The molecule has 1 heterocycles. The van der Waals surface area contributed by atoms with Crippen LogP contribution in [0.2, 0.25) is 0 Å². The van der Waals surface area contributed by atoms with E-state index < -0.39 is 23.7 Å². The van der Waals surface area contributed by atoms with Gasteiger partial charge >= 0.3 is 6.09 Å². The number of hydrazine groups is 1. The number of hydrogen-bond acceptors (Lipinski definition) is 7. The van der Waals surface area contributed by atoms with Crippen LogP contribution in [0.1, 0.15) is 44.7 Å². The summed E-state index contributed by atoms with van der Waals surface area (Å²) in [6.45, 7) is 10.0. The van der Waals surface area contributed by atoms with Crippen LogP contribution in [0, 0.1) is 5.92 Å². The van der Waals surface area contributed by atoms with E-state index in [1.54, 1.807) is 20.8 Å². The van der Waals surface area contributed by atoms with E-state index in [0.29, 0.717) is 25.9 Å². The number of aryl methyl sites for hydroxylation is 1. The van der Waals surface area contributed by atoms with Crippen molar-refractivity contribution in [2.24, 2.45) is 5.92 Å². The number of carbonyl (C=O) groups excluding carboxylic acids is 2. The highest BCUT2D eigenvalue weighted by Crippen LogP contribution is 2.20. The van der Waals surface area contributed by atoms with Gasteiger partial charge in [-0.3, -0.25) is 15.1 Å². The summed E-state index contributed by atoms with van der Waals surface area (Å²) in [4.78, 5) is 27.4. The molecule has 2 atom stereocenters. The van der Waals surface area contributed by atoms with Gasteiger partial charge in [-0.15, -0.1) is 0 Å². The lowest BCUT2D eigenvalue weighted by Crippen LogP contribution is -2.47. The molecule has 1 saturated heterocycles. The first-order valence-corrected chi connectivity index (χ1v) is 13.7. The van der Waals surface area contributed by atoms with Crippen LogP contribution in [0.4, 0.5) is 4.79 Å². The van der Waals surface area contributed by atoms with Gasteiger partial charge in [0.1, 0.15) is 18.0 Å². The SMILES string of the molecule is CC(C)(C)OC(=O)NNC(=O)[C@H](Cc1ccc(OCCN2CCOCC2)cc1)C[C@@H](O)CCc1ccccc1. The van der Waals surface area contributed by atoms with Crippen molar-refractivity contribution >= 4 is 12.0 Å². The third-order valence-electron chi connectivity index (χ3n) is 6.41. The second-order valence-electron chi connectivity index (χ2n) is 10.9. The lowest BCUT2D eigenvalue weighted by Gasteiger charge is -2.26. The molecule has 0 unspecified atom stereocenters. The van der Waals surface area contributed by atoms with E-state index in [4.69, 9.17) is 14.2 Å². The van der Waals surface area contributed by atoms with Crippen LogP contribution < -0.4 is 15.6 Å². The second-order valence-corrected chi connectivity index (χ2v) is 10.9. The molecule has 2 amide bonds. The second kappa shape index (κ2) is 15.5. The lowest BCUT2D eigenvalue weighted by atomic mass is 9.91. The summed E-state index contributed by atoms with van der Waals surface area (Å²) < 4.78 is 16.5. The van der Waals surface area contributed by atoms with Gasteiger partial charge in [-0.25, -0.2) is 10.2 Å². The maximum absolute atomic E-state index is 13.1. The number of amides is 2. The zero-order valence-corrected chi connectivity index (χ0v) is 23.4. The van der Waals surface area contributed by atoms with E-state index in [9.17, 15) is 14.7 Å². The summed E-state index contributed by atoms with van der Waals surface area (Å²) in [7, 11) is 0. The molecule has 1 aliphatic heterocycles. The van der Waals surface area contributed by atoms with Crippen LogP contribution in [0.25, 0.3) is 0 Å². The number of morpholine rings is 1. The van der Waals surface area contributed by atoms with Crippen molar-refractivity contribution < 1.29 is 28.9 Å². The van der Waals surface area contributed by atoms with Crippen molar-refractivity contribution in [1.82, 2.24) is 15.8 Å². The fourth-order valence-corrected chi connectivity index (χ4v) is 4.35. The van der Waals surface area contributed by atoms with Gasteiger partial charge in [0, 0.05) is 25.6 Å². The average molecular weight is 542 g/mol. The molecule has 2 aromatic rings. The molecule has 1 fully saturated rings. The molecule has 0 aromatic heterocycles. The normalized spacial score (nSPS) is 15.7. The van der Waals surface area contributed by atoms with E-state index in [-0.39, 0.29) is 12.3 Å². The van der Waals surface area contributed by atoms with Gasteiger partial charge in [0.05, 0.1) is 19.3 Å². The molecule has 1 aliphatic rings. The fourth-order valence-electron chi connectivity index (χ4n) is 4.35. The van der Waals surface area contributed by atoms with Gasteiger partial charge in [0.15, 0.2) is 0 Å². The van der Waals surface area contributed by atoms with Crippen LogP contribution >= 0.6 is 0 Å². The Morgan fingerprint density at radius 1 is 1.00 bits per heavy atom. The molecule has 9 heteroatoms. The minimum atomic E-state index is -0.738. The summed E-state index contributed by atoms with van der Waals surface area (Å²) in [5.41, 5.74) is 6.16. The number of nitrogens with one attached hydrogen (secondary N) is 2. The average Bonchev–Trinajstić information content (AvgIpc) is 2.91. The first-order valence-electron chi connectivity index (χ1n) is 13.7. The molecule has 0 bridgehead atoms. The topological polar surface area (TPSA) is 109 Å². The molecule has 0 aliphatic carbocycles. The Morgan fingerprint density at radius 3 is 2.36 bits per heavy atom. The number of hydrogen-bond donors (Lipinski definition) is 3. The van der Waals surface area contributed by atoms with Gasteiger partial charge in [-0.2, -0.15) is 0 Å². The first kappa shape index (κ1) is 30.4. The first-order chi connectivity index (χ1) is 18.7. The standard InChI is InChI=1S/C30H43N3O6/c1-30(2,3)39-29(36)32-31-28(35)25(22-26(34)12-9-23-7-5-4-6-8-23)21-24-10-13-27(14-11-24)38-20-17-33-15-18-37-19-16-33/h4-8,10-11,13-14,25-26,34H,9,12,15-22H2,1-3H3,(H,31,35)(H,32,36)/t25-,26+/m1/s1. The zero-order chi connectivity index (χ0) is 28.1. The molecule has 0 saturated carbocycles. The lowest BCUT2D eigenvalue weighted by molar-refractivity contribution is -0.127. The summed E-state index contributed by atoms with van der Waals surface area (Å²) in [6, 6.07) is 17.6. The number of ether oxygens (including phenoxy) is 3. The predicted octanol–water partition coefficient (Wildman–Crippen LogP) is 3.50. The van der Waals surface area contributed by atoms with Crippen LogP contribution in [0.15, 0.2) is 54.6 Å². The molecule has 9 nitrogen and oxygen atoms in total. The third kappa shape index (κ3) is 12.1. The Bertz CT molecular complexity index is 1000. The number of nitrogens with zero attached hydrogens (tertiary/aromatic N) is 1. The number of aliphatic hydroxyl groups is 1. The number of carbonyl (C=O) groups is 2. The highest BCUT2D eigenvalue weighted by Gasteiger charge is 2.24. The van der Waals surface area contributed by atoms with Crippen molar-refractivity contribution in [3.8, 4) is 5.75 Å². The highest BCUT2D eigenvalue weighted by molar-refractivity contribution is 5.81. The van der Waals surface area contributed by atoms with Crippen LogP contribution in [0.3, 0.4) is 0 Å². The Kier molecular flexibility index (Phi) is 12.0. The van der Waals surface area contributed by atoms with E-state index >= 15 is 0 Å². The minimum absolute atomic E-state index is 0.256. The number of aliphatic hydroxyl groups excluding tert-OH is 1. The Morgan fingerprint density at radius 2 is 1.69 bits per heavy atom. The van der Waals surface area contributed by atoms with Crippen molar-refractivity contribution in [1.29, 1.82) is 0 Å². The summed E-state index contributed by atoms with van der Waals surface area (Å²) in [6.07, 6.45) is 0.486. The van der Waals surface area contributed by atoms with Gasteiger partial charge in [0.25, 0.3) is 0 Å². The van der Waals surface area contributed by atoms with Crippen molar-refractivity contribution in [3.05, 3.63) is 65.7 Å². The number of rotatable bonds is 12. The Hall–Kier alpha value is -3.14. The molecule has 3 rings (SSSR count). The largest absolute Gasteiger partial charge is 0.492 e. The third-order valence-corrected chi connectivity index (χ3v) is 6.41. The summed E-state index contributed by atoms with van der Waals surface area (Å²) in [5.74, 6) is -0.174. The van der Waals surface area contributed by atoms with E-state index in [1.165, 1.54) is 0 Å². The van der Waals surface area contributed by atoms with Crippen molar-refractivity contribution in [3.63, 3.8) is 0 Å². The minimum Gasteiger partial charge on any atom is -0.492 e. The van der Waals surface area contributed by atoms with E-state index in [1.807, 2.05) is 54.6 Å². The Balaban J connectivity index is 1.55. The van der Waals surface area contributed by atoms with Gasteiger partial charge in [-0.1, -0.05) is 42.5 Å². The molecule has 214 valence electrons. The van der Waals surface area contributed by atoms with Crippen molar-refractivity contribution in [2.75, 3.05) is 39.5 Å². The fraction of sp³-hybridized carbons (Fsp3) is 0.533.